The molecule has 0 radical (unpaired) electrons. The number of hydrogen-bond acceptors (Lipinski definition) is 7. The Balaban J connectivity index is 1.34. The summed E-state index contributed by atoms with van der Waals surface area (Å²) in [6.45, 7) is 0.978. The van der Waals surface area contributed by atoms with E-state index in [1.807, 2.05) is 24.3 Å². The van der Waals surface area contributed by atoms with Gasteiger partial charge < -0.3 is 36.6 Å². The van der Waals surface area contributed by atoms with E-state index in [2.05, 4.69) is 32.5 Å². The second-order valence-electron chi connectivity index (χ2n) is 11.0. The van der Waals surface area contributed by atoms with Crippen LogP contribution in [0.2, 0.25) is 0 Å². The molecule has 250 valence electrons. The number of amides is 4. The molecule has 4 rings (SSSR count). The molecule has 0 unspecified atom stereocenters. The van der Waals surface area contributed by atoms with Gasteiger partial charge in [-0.15, -0.1) is 0 Å². The summed E-state index contributed by atoms with van der Waals surface area (Å²) in [4.78, 5) is 61.9. The van der Waals surface area contributed by atoms with Gasteiger partial charge in [0.05, 0.1) is 19.2 Å². The number of benzene rings is 2. The van der Waals surface area contributed by atoms with Crippen molar-refractivity contribution in [3.8, 4) is 11.8 Å². The van der Waals surface area contributed by atoms with Crippen LogP contribution in [0, 0.1) is 11.8 Å². The topological polar surface area (TPSA) is 185 Å². The van der Waals surface area contributed by atoms with Crippen LogP contribution in [-0.4, -0.2) is 78.1 Å². The zero-order chi connectivity index (χ0) is 34.3. The number of hydrogen-bond donors (Lipinski definition) is 4. The molecule has 2 saturated heterocycles. The third-order valence-corrected chi connectivity index (χ3v) is 8.04. The molecule has 6 N–H and O–H groups in total. The molecule has 0 spiro atoms. The van der Waals surface area contributed by atoms with Crippen molar-refractivity contribution >= 4 is 36.0 Å². The van der Waals surface area contributed by atoms with Crippen LogP contribution in [0.15, 0.2) is 95.2 Å². The molecule has 0 saturated carbocycles. The van der Waals surface area contributed by atoms with Crippen molar-refractivity contribution in [3.05, 3.63) is 96.3 Å². The van der Waals surface area contributed by atoms with Crippen molar-refractivity contribution in [3.63, 3.8) is 0 Å². The fraction of sp³-hybridized carbons (Fsp3) is 0.314. The quantitative estimate of drug-likeness (QED) is 0.124. The number of methoxy groups -OCH3 is 1. The molecule has 4 atom stereocenters. The van der Waals surface area contributed by atoms with Crippen molar-refractivity contribution in [2.75, 3.05) is 20.2 Å². The largest absolute Gasteiger partial charge is 0.453 e. The first kappa shape index (κ1) is 35.0. The normalized spacial score (nSPS) is 19.4. The first-order valence-corrected chi connectivity index (χ1v) is 15.6. The van der Waals surface area contributed by atoms with Crippen LogP contribution in [0.4, 0.5) is 4.79 Å². The van der Waals surface area contributed by atoms with Gasteiger partial charge in [0.25, 0.3) is 5.91 Å². The summed E-state index contributed by atoms with van der Waals surface area (Å²) < 4.78 is 4.73. The maximum Gasteiger partial charge on any atom is 0.407 e. The van der Waals surface area contributed by atoms with E-state index < -0.39 is 30.3 Å². The molecule has 2 fully saturated rings. The van der Waals surface area contributed by atoms with Gasteiger partial charge in [0, 0.05) is 37.6 Å². The van der Waals surface area contributed by atoms with Gasteiger partial charge in [0.15, 0.2) is 0 Å². The molecule has 2 heterocycles. The van der Waals surface area contributed by atoms with Crippen molar-refractivity contribution in [1.29, 1.82) is 0 Å². The van der Waals surface area contributed by atoms with Crippen molar-refractivity contribution in [2.24, 2.45) is 21.5 Å². The number of rotatable bonds is 11. The number of amidine groups is 2. The molecule has 13 heteroatoms. The standard InChI is InChI=1S/C35H40N8O5/c1-48-35(47)41-30(26-16-8-5-9-17-26)34(46)43-23-13-19-28(43)32(37)39-21-11-3-2-10-20-38-31(36)27-18-12-22-42(27)33(45)29(40-24-44)25-14-6-4-7-15-25/h4-11,14-17,20-21,24,27-30H,12-13,18-19,22-23H2,1H3,(H2,36,38)(H2,37,39)(H,40,44)(H,41,47)/b20-10+,21-11+/t27-,28-,29+,30+/m0/s1. The molecule has 2 aliphatic heterocycles. The number of nitrogens with one attached hydrogen (secondary N) is 2. The summed E-state index contributed by atoms with van der Waals surface area (Å²) in [5, 5.41) is 5.24. The van der Waals surface area contributed by atoms with Crippen LogP contribution >= 0.6 is 0 Å². The van der Waals surface area contributed by atoms with E-state index in [0.29, 0.717) is 43.5 Å². The monoisotopic (exact) mass is 652 g/mol. The number of allylic oxidation sites excluding steroid dienone is 2. The molecule has 48 heavy (non-hydrogen) atoms. The Morgan fingerprint density at radius 2 is 1.27 bits per heavy atom. The van der Waals surface area contributed by atoms with Crippen molar-refractivity contribution in [2.45, 2.75) is 49.9 Å². The average Bonchev–Trinajstić information content (AvgIpc) is 3.82. The molecule has 0 aromatic heterocycles. The first-order chi connectivity index (χ1) is 23.3. The van der Waals surface area contributed by atoms with Crippen LogP contribution in [0.5, 0.6) is 0 Å². The fourth-order valence-corrected chi connectivity index (χ4v) is 5.73. The Morgan fingerprint density at radius 1 is 0.812 bits per heavy atom. The highest BCUT2D eigenvalue weighted by molar-refractivity contribution is 5.95. The minimum atomic E-state index is -0.931. The first-order valence-electron chi connectivity index (χ1n) is 15.6. The van der Waals surface area contributed by atoms with E-state index in [1.54, 1.807) is 46.2 Å². The molecule has 2 aliphatic rings. The predicted molar refractivity (Wildman–Crippen MR) is 182 cm³/mol. The number of carbonyl (C=O) groups is 4. The third kappa shape index (κ3) is 9.10. The van der Waals surface area contributed by atoms with Gasteiger partial charge in [-0.25, -0.2) is 14.8 Å². The lowest BCUT2D eigenvalue weighted by Gasteiger charge is -2.29. The summed E-state index contributed by atoms with van der Waals surface area (Å²) in [6, 6.07) is 15.4. The minimum Gasteiger partial charge on any atom is -0.453 e. The van der Waals surface area contributed by atoms with Crippen molar-refractivity contribution in [1.82, 2.24) is 20.4 Å². The number of nitrogens with zero attached hydrogens (tertiary/aromatic N) is 4. The lowest BCUT2D eigenvalue weighted by atomic mass is 10.0. The van der Waals surface area contributed by atoms with Gasteiger partial charge in [0.2, 0.25) is 12.3 Å². The SMILES string of the molecule is COC(=O)N[C@@H](C(=O)N1CCC[C@H]1C(N)=N/C=C/C#C/C=C/N=C(N)[C@@H]1CCCN1C(=O)[C@H](NC=O)c1ccccc1)c1ccccc1. The van der Waals surface area contributed by atoms with Crippen LogP contribution in [-0.2, 0) is 19.1 Å². The lowest BCUT2D eigenvalue weighted by Crippen LogP contribution is -2.49. The van der Waals surface area contributed by atoms with E-state index in [9.17, 15) is 19.2 Å². The van der Waals surface area contributed by atoms with E-state index in [0.717, 1.165) is 12.8 Å². The Labute approximate surface area is 279 Å². The maximum atomic E-state index is 13.5. The number of ether oxygens (including phenoxy) is 1. The Bertz CT molecular complexity index is 1610. The van der Waals surface area contributed by atoms with Crippen LogP contribution < -0.4 is 22.1 Å². The zero-order valence-electron chi connectivity index (χ0n) is 26.7. The van der Waals surface area contributed by atoms with E-state index >= 15 is 0 Å². The van der Waals surface area contributed by atoms with E-state index in [1.165, 1.54) is 31.7 Å². The van der Waals surface area contributed by atoms with Crippen LogP contribution in [0.3, 0.4) is 0 Å². The number of aliphatic imine (C=N–C) groups is 2. The summed E-state index contributed by atoms with van der Waals surface area (Å²) >= 11 is 0. The molecule has 4 amide bonds. The molecule has 2 aromatic rings. The van der Waals surface area contributed by atoms with Gasteiger partial charge in [-0.1, -0.05) is 72.5 Å². The van der Waals surface area contributed by atoms with Crippen molar-refractivity contribution < 1.29 is 23.9 Å². The molecule has 13 nitrogen and oxygen atoms in total. The summed E-state index contributed by atoms with van der Waals surface area (Å²) in [7, 11) is 1.24. The van der Waals surface area contributed by atoms with Gasteiger partial charge in [-0.2, -0.15) is 0 Å². The molecular weight excluding hydrogens is 612 g/mol. The zero-order valence-corrected chi connectivity index (χ0v) is 26.7. The number of alkyl carbamates (subject to hydrolysis) is 1. The highest BCUT2D eigenvalue weighted by atomic mass is 16.5. The third-order valence-electron chi connectivity index (χ3n) is 8.04. The molecular formula is C35H40N8O5. The summed E-state index contributed by atoms with van der Waals surface area (Å²) in [5.41, 5.74) is 13.8. The van der Waals surface area contributed by atoms with Gasteiger partial charge in [-0.3, -0.25) is 14.4 Å². The predicted octanol–water partition coefficient (Wildman–Crippen LogP) is 2.30. The minimum absolute atomic E-state index is 0.248. The van der Waals surface area contributed by atoms with E-state index in [-0.39, 0.29) is 23.5 Å². The maximum absolute atomic E-state index is 13.5. The lowest BCUT2D eigenvalue weighted by molar-refractivity contribution is -0.135. The van der Waals surface area contributed by atoms with Crippen LogP contribution in [0.1, 0.15) is 48.9 Å². The molecule has 0 aliphatic carbocycles. The smallest absolute Gasteiger partial charge is 0.407 e. The van der Waals surface area contributed by atoms with Crippen LogP contribution in [0.25, 0.3) is 0 Å². The Kier molecular flexibility index (Phi) is 12.9. The Hall–Kier alpha value is -5.90. The summed E-state index contributed by atoms with van der Waals surface area (Å²) in [5.74, 6) is 5.60. The summed E-state index contributed by atoms with van der Waals surface area (Å²) in [6.07, 6.45) is 8.53. The number of nitrogens with two attached hydrogens (primary N) is 2. The highest BCUT2D eigenvalue weighted by Crippen LogP contribution is 2.25. The fourth-order valence-electron chi connectivity index (χ4n) is 5.73. The average molecular weight is 653 g/mol. The van der Waals surface area contributed by atoms with Gasteiger partial charge in [-0.05, 0) is 36.8 Å². The second-order valence-corrected chi connectivity index (χ2v) is 11.0. The molecule has 2 aromatic carbocycles. The highest BCUT2D eigenvalue weighted by Gasteiger charge is 2.37. The molecule has 0 bridgehead atoms. The van der Waals surface area contributed by atoms with Gasteiger partial charge in [0.1, 0.15) is 23.8 Å². The van der Waals surface area contributed by atoms with Gasteiger partial charge >= 0.3 is 6.09 Å². The Morgan fingerprint density at radius 3 is 1.73 bits per heavy atom. The van der Waals surface area contributed by atoms with E-state index in [4.69, 9.17) is 16.2 Å². The number of carbonyl (C=O) groups excluding carboxylic acids is 4. The second kappa shape index (κ2) is 17.7. The number of likely N-dealkylation sites (tertiary alicyclic amines) is 2.